The second kappa shape index (κ2) is 6.53. The van der Waals surface area contributed by atoms with E-state index in [1.807, 2.05) is 0 Å². The van der Waals surface area contributed by atoms with Gasteiger partial charge in [0.2, 0.25) is 5.91 Å². The number of carbonyl (C=O) groups excluding carboxylic acids is 1. The summed E-state index contributed by atoms with van der Waals surface area (Å²) in [6.45, 7) is 3.12. The molecule has 0 radical (unpaired) electrons. The van der Waals surface area contributed by atoms with Crippen LogP contribution in [0.3, 0.4) is 0 Å². The SMILES string of the molecule is CCC1CCNC(C(=O)N[C@@H]2CCCC[C@H]2O)C1. The smallest absolute Gasteiger partial charge is 0.237 e. The molecule has 1 aliphatic heterocycles. The van der Waals surface area contributed by atoms with E-state index < -0.39 is 0 Å². The molecule has 2 fully saturated rings. The van der Waals surface area contributed by atoms with Crippen LogP contribution in [0.4, 0.5) is 0 Å². The molecule has 0 spiro atoms. The summed E-state index contributed by atoms with van der Waals surface area (Å²) in [7, 11) is 0. The number of hydrogen-bond donors (Lipinski definition) is 3. The number of piperidine rings is 1. The number of aliphatic hydroxyl groups is 1. The number of aliphatic hydroxyl groups excluding tert-OH is 1. The fraction of sp³-hybridized carbons (Fsp3) is 0.929. The van der Waals surface area contributed by atoms with E-state index in [-0.39, 0.29) is 24.1 Å². The number of amides is 1. The molecule has 104 valence electrons. The van der Waals surface area contributed by atoms with Gasteiger partial charge in [-0.25, -0.2) is 0 Å². The zero-order valence-corrected chi connectivity index (χ0v) is 11.3. The van der Waals surface area contributed by atoms with Crippen LogP contribution in [0.1, 0.15) is 51.9 Å². The Hall–Kier alpha value is -0.610. The molecule has 4 atom stereocenters. The first-order valence-corrected chi connectivity index (χ1v) is 7.42. The van der Waals surface area contributed by atoms with Gasteiger partial charge in [0.1, 0.15) is 0 Å². The predicted octanol–water partition coefficient (Wildman–Crippen LogP) is 1.18. The number of nitrogens with one attached hydrogen (secondary N) is 2. The summed E-state index contributed by atoms with van der Waals surface area (Å²) in [4.78, 5) is 12.2. The molecule has 0 aromatic heterocycles. The molecular formula is C14H26N2O2. The van der Waals surface area contributed by atoms with E-state index in [9.17, 15) is 9.90 Å². The lowest BCUT2D eigenvalue weighted by molar-refractivity contribution is -0.126. The summed E-state index contributed by atoms with van der Waals surface area (Å²) in [6, 6.07) is -0.0899. The normalized spacial score (nSPS) is 37.2. The average Bonchev–Trinajstić information content (AvgIpc) is 2.41. The van der Waals surface area contributed by atoms with Gasteiger partial charge in [0.05, 0.1) is 18.2 Å². The maximum absolute atomic E-state index is 12.2. The Balaban J connectivity index is 1.83. The minimum absolute atomic E-state index is 0.0324. The van der Waals surface area contributed by atoms with Gasteiger partial charge in [-0.3, -0.25) is 4.79 Å². The number of carbonyl (C=O) groups is 1. The highest BCUT2D eigenvalue weighted by molar-refractivity contribution is 5.82. The minimum atomic E-state index is -0.353. The van der Waals surface area contributed by atoms with E-state index >= 15 is 0 Å². The lowest BCUT2D eigenvalue weighted by Crippen LogP contribution is -2.54. The summed E-state index contributed by atoms with van der Waals surface area (Å²) in [5, 5.41) is 16.2. The van der Waals surface area contributed by atoms with Crippen molar-refractivity contribution in [3.63, 3.8) is 0 Å². The third-order valence-corrected chi connectivity index (χ3v) is 4.46. The molecule has 3 N–H and O–H groups in total. The van der Waals surface area contributed by atoms with Gasteiger partial charge in [0.25, 0.3) is 0 Å². The minimum Gasteiger partial charge on any atom is -0.391 e. The highest BCUT2D eigenvalue weighted by atomic mass is 16.3. The Bertz CT molecular complexity index is 283. The zero-order chi connectivity index (χ0) is 13.0. The quantitative estimate of drug-likeness (QED) is 0.709. The molecule has 1 aliphatic carbocycles. The lowest BCUT2D eigenvalue weighted by atomic mass is 9.89. The fourth-order valence-corrected chi connectivity index (χ4v) is 3.13. The van der Waals surface area contributed by atoms with Crippen LogP contribution in [0.25, 0.3) is 0 Å². The Morgan fingerprint density at radius 2 is 2.11 bits per heavy atom. The van der Waals surface area contributed by atoms with Crippen molar-refractivity contribution in [3.05, 3.63) is 0 Å². The molecule has 4 nitrogen and oxygen atoms in total. The van der Waals surface area contributed by atoms with Gasteiger partial charge in [-0.15, -0.1) is 0 Å². The van der Waals surface area contributed by atoms with Crippen LogP contribution in [0.5, 0.6) is 0 Å². The summed E-state index contributed by atoms with van der Waals surface area (Å²) >= 11 is 0. The van der Waals surface area contributed by atoms with Crippen LogP contribution >= 0.6 is 0 Å². The maximum atomic E-state index is 12.2. The second-order valence-corrected chi connectivity index (χ2v) is 5.77. The van der Waals surface area contributed by atoms with Crippen LogP contribution in [-0.2, 0) is 4.79 Å². The highest BCUT2D eigenvalue weighted by Crippen LogP contribution is 2.21. The van der Waals surface area contributed by atoms with E-state index in [4.69, 9.17) is 0 Å². The van der Waals surface area contributed by atoms with Crippen LogP contribution in [0.15, 0.2) is 0 Å². The molecule has 2 rings (SSSR count). The van der Waals surface area contributed by atoms with Crippen molar-refractivity contribution in [3.8, 4) is 0 Å². The topological polar surface area (TPSA) is 61.4 Å². The lowest BCUT2D eigenvalue weighted by Gasteiger charge is -2.33. The van der Waals surface area contributed by atoms with Gasteiger partial charge in [-0.1, -0.05) is 26.2 Å². The van der Waals surface area contributed by atoms with Crippen LogP contribution in [0, 0.1) is 5.92 Å². The van der Waals surface area contributed by atoms with Gasteiger partial charge in [-0.05, 0) is 38.1 Å². The molecule has 4 heteroatoms. The summed E-state index contributed by atoms with van der Waals surface area (Å²) in [5.41, 5.74) is 0. The first-order valence-electron chi connectivity index (χ1n) is 7.42. The Labute approximate surface area is 110 Å². The van der Waals surface area contributed by atoms with Crippen molar-refractivity contribution in [1.29, 1.82) is 0 Å². The van der Waals surface area contributed by atoms with Crippen molar-refractivity contribution in [2.24, 2.45) is 5.92 Å². The molecule has 0 aromatic carbocycles. The molecule has 2 aliphatic rings. The van der Waals surface area contributed by atoms with Gasteiger partial charge >= 0.3 is 0 Å². The van der Waals surface area contributed by atoms with Crippen LogP contribution in [0.2, 0.25) is 0 Å². The molecule has 1 saturated heterocycles. The van der Waals surface area contributed by atoms with E-state index in [0.29, 0.717) is 5.92 Å². The van der Waals surface area contributed by atoms with Crippen molar-refractivity contribution >= 4 is 5.91 Å². The van der Waals surface area contributed by atoms with E-state index in [0.717, 1.165) is 45.1 Å². The Morgan fingerprint density at radius 1 is 1.33 bits per heavy atom. The monoisotopic (exact) mass is 254 g/mol. The fourth-order valence-electron chi connectivity index (χ4n) is 3.13. The molecule has 1 heterocycles. The summed E-state index contributed by atoms with van der Waals surface area (Å²) in [6.07, 6.45) is 6.82. The Morgan fingerprint density at radius 3 is 2.83 bits per heavy atom. The second-order valence-electron chi connectivity index (χ2n) is 5.77. The average molecular weight is 254 g/mol. The standard InChI is InChI=1S/C14H26N2O2/c1-2-10-7-8-15-12(9-10)14(18)16-11-5-3-4-6-13(11)17/h10-13,15,17H,2-9H2,1H3,(H,16,18)/t10?,11-,12?,13-/m1/s1. The van der Waals surface area contributed by atoms with Gasteiger partial charge in [0, 0.05) is 0 Å². The molecule has 1 saturated carbocycles. The third-order valence-electron chi connectivity index (χ3n) is 4.46. The zero-order valence-electron chi connectivity index (χ0n) is 11.3. The van der Waals surface area contributed by atoms with Crippen molar-refractivity contribution < 1.29 is 9.90 Å². The first-order chi connectivity index (χ1) is 8.70. The molecule has 1 amide bonds. The Kier molecular flexibility index (Phi) is 5.01. The van der Waals surface area contributed by atoms with Crippen LogP contribution < -0.4 is 10.6 Å². The van der Waals surface area contributed by atoms with E-state index in [1.54, 1.807) is 0 Å². The number of rotatable bonds is 3. The van der Waals surface area contributed by atoms with Crippen molar-refractivity contribution in [2.75, 3.05) is 6.54 Å². The maximum Gasteiger partial charge on any atom is 0.237 e. The molecule has 0 aromatic rings. The van der Waals surface area contributed by atoms with Crippen LogP contribution in [-0.4, -0.2) is 35.7 Å². The molecule has 0 bridgehead atoms. The van der Waals surface area contributed by atoms with Crippen molar-refractivity contribution in [2.45, 2.75) is 70.1 Å². The van der Waals surface area contributed by atoms with Crippen molar-refractivity contribution in [1.82, 2.24) is 10.6 Å². The summed E-state index contributed by atoms with van der Waals surface area (Å²) in [5.74, 6) is 0.748. The van der Waals surface area contributed by atoms with Gasteiger partial charge in [0.15, 0.2) is 0 Å². The summed E-state index contributed by atoms with van der Waals surface area (Å²) < 4.78 is 0. The molecular weight excluding hydrogens is 228 g/mol. The molecule has 18 heavy (non-hydrogen) atoms. The number of hydrogen-bond acceptors (Lipinski definition) is 3. The first kappa shape index (κ1) is 13.8. The highest BCUT2D eigenvalue weighted by Gasteiger charge is 2.30. The predicted molar refractivity (Wildman–Crippen MR) is 71.2 cm³/mol. The third kappa shape index (κ3) is 3.45. The largest absolute Gasteiger partial charge is 0.391 e. The van der Waals surface area contributed by atoms with Gasteiger partial charge < -0.3 is 15.7 Å². The van der Waals surface area contributed by atoms with E-state index in [2.05, 4.69) is 17.6 Å². The molecule has 2 unspecified atom stereocenters. The van der Waals surface area contributed by atoms with E-state index in [1.165, 1.54) is 6.42 Å². The van der Waals surface area contributed by atoms with Gasteiger partial charge in [-0.2, -0.15) is 0 Å².